The average molecular weight is 348 g/mol. The van der Waals surface area contributed by atoms with Crippen molar-refractivity contribution in [2.45, 2.75) is 26.3 Å². The lowest BCUT2D eigenvalue weighted by Crippen LogP contribution is -2.46. The van der Waals surface area contributed by atoms with Crippen LogP contribution in [0.4, 0.5) is 5.69 Å². The molecule has 1 saturated heterocycles. The smallest absolute Gasteiger partial charge is 0.285 e. The van der Waals surface area contributed by atoms with Crippen LogP contribution in [0.5, 0.6) is 0 Å². The largest absolute Gasteiger partial charge is 0.366 e. The van der Waals surface area contributed by atoms with Crippen molar-refractivity contribution in [2.24, 2.45) is 0 Å². The van der Waals surface area contributed by atoms with Crippen LogP contribution in [-0.4, -0.2) is 46.3 Å². The van der Waals surface area contributed by atoms with Gasteiger partial charge in [-0.3, -0.25) is 14.7 Å². The number of rotatable bonds is 5. The lowest BCUT2D eigenvalue weighted by Gasteiger charge is -2.36. The van der Waals surface area contributed by atoms with Crippen molar-refractivity contribution in [3.05, 3.63) is 51.2 Å². The highest BCUT2D eigenvalue weighted by Gasteiger charge is 2.21. The number of aromatic nitrogens is 3. The van der Waals surface area contributed by atoms with Gasteiger partial charge < -0.3 is 4.90 Å². The Hall–Kier alpha value is -1.92. The highest BCUT2D eigenvalue weighted by Crippen LogP contribution is 2.22. The van der Waals surface area contributed by atoms with E-state index in [1.807, 2.05) is 12.3 Å². The summed E-state index contributed by atoms with van der Waals surface area (Å²) in [6, 6.07) is 4.17. The maximum absolute atomic E-state index is 11.6. The summed E-state index contributed by atoms with van der Waals surface area (Å²) in [6.45, 7) is 6.59. The minimum Gasteiger partial charge on any atom is -0.366 e. The van der Waals surface area contributed by atoms with Gasteiger partial charge in [0, 0.05) is 44.6 Å². The van der Waals surface area contributed by atoms with Crippen molar-refractivity contribution in [1.29, 1.82) is 0 Å². The number of pyridine rings is 1. The quantitative estimate of drug-likeness (QED) is 0.897. The minimum absolute atomic E-state index is 0.218. The molecule has 0 bridgehead atoms. The summed E-state index contributed by atoms with van der Waals surface area (Å²) in [7, 11) is 0. The Morgan fingerprint density at radius 1 is 1.29 bits per heavy atom. The number of aryl methyl sites for hydroxylation is 1. The zero-order chi connectivity index (χ0) is 16.9. The molecule has 2 aromatic heterocycles. The van der Waals surface area contributed by atoms with Crippen LogP contribution in [0.15, 0.2) is 29.3 Å². The second-order valence-corrected chi connectivity index (χ2v) is 6.40. The molecule has 0 aliphatic carbocycles. The van der Waals surface area contributed by atoms with Gasteiger partial charge in [-0.2, -0.15) is 5.10 Å². The maximum atomic E-state index is 11.6. The van der Waals surface area contributed by atoms with Gasteiger partial charge in [-0.15, -0.1) is 0 Å². The van der Waals surface area contributed by atoms with Gasteiger partial charge in [-0.25, -0.2) is 5.10 Å². The minimum atomic E-state index is -0.337. The number of piperazine rings is 1. The molecule has 1 aliphatic rings. The fourth-order valence-corrected chi connectivity index (χ4v) is 3.27. The first kappa shape index (κ1) is 16.9. The van der Waals surface area contributed by atoms with Gasteiger partial charge in [-0.1, -0.05) is 31.0 Å². The number of hydrogen-bond donors (Lipinski definition) is 1. The van der Waals surface area contributed by atoms with Crippen molar-refractivity contribution in [3.63, 3.8) is 0 Å². The molecule has 0 amide bonds. The second-order valence-electron chi connectivity index (χ2n) is 6.02. The molecule has 0 atom stereocenters. The summed E-state index contributed by atoms with van der Waals surface area (Å²) in [4.78, 5) is 20.6. The molecule has 3 rings (SSSR count). The molecule has 128 valence electrons. The number of hydrogen-bond acceptors (Lipinski definition) is 5. The zero-order valence-corrected chi connectivity index (χ0v) is 14.6. The molecule has 2 aromatic rings. The predicted molar refractivity (Wildman–Crippen MR) is 95.6 cm³/mol. The monoisotopic (exact) mass is 347 g/mol. The van der Waals surface area contributed by atoms with Crippen LogP contribution in [0.3, 0.4) is 0 Å². The first-order valence-corrected chi connectivity index (χ1v) is 8.70. The summed E-state index contributed by atoms with van der Waals surface area (Å²) in [6.07, 6.45) is 5.62. The first-order valence-electron chi connectivity index (χ1n) is 8.32. The molecule has 24 heavy (non-hydrogen) atoms. The van der Waals surface area contributed by atoms with E-state index in [0.29, 0.717) is 5.69 Å². The normalized spacial score (nSPS) is 15.7. The molecule has 1 N–H and O–H groups in total. The summed E-state index contributed by atoms with van der Waals surface area (Å²) >= 11 is 6.10. The van der Waals surface area contributed by atoms with Crippen molar-refractivity contribution >= 4 is 17.3 Å². The molecular formula is C17H22ClN5O. The molecule has 0 saturated carbocycles. The van der Waals surface area contributed by atoms with E-state index in [0.717, 1.165) is 45.6 Å². The number of H-pyrrole nitrogens is 1. The summed E-state index contributed by atoms with van der Waals surface area (Å²) in [5.41, 5.74) is 2.89. The third-order valence-corrected chi connectivity index (χ3v) is 4.72. The van der Waals surface area contributed by atoms with Crippen molar-refractivity contribution < 1.29 is 0 Å². The topological polar surface area (TPSA) is 65.1 Å². The molecule has 0 spiro atoms. The number of nitrogens with zero attached hydrogens (tertiary/aromatic N) is 4. The Bertz CT molecular complexity index is 740. The van der Waals surface area contributed by atoms with E-state index in [1.165, 1.54) is 11.3 Å². The number of nitrogens with one attached hydrogen (secondary N) is 1. The van der Waals surface area contributed by atoms with Crippen LogP contribution in [0.25, 0.3) is 0 Å². The van der Waals surface area contributed by atoms with Crippen molar-refractivity contribution in [3.8, 4) is 0 Å². The standard InChI is InChI=1S/C17H22ClN5O/c1-2-4-14-13(5-3-6-19-14)12-22-7-9-23(10-8-22)15-11-20-21-17(24)16(15)18/h3,5-6,11H,2,4,7-10,12H2,1H3,(H,21,24). The predicted octanol–water partition coefficient (Wildman–Crippen LogP) is 2.09. The first-order chi connectivity index (χ1) is 11.7. The van der Waals surface area contributed by atoms with E-state index in [9.17, 15) is 4.79 Å². The van der Waals surface area contributed by atoms with Gasteiger partial charge in [0.05, 0.1) is 11.9 Å². The number of halogens is 1. The summed E-state index contributed by atoms with van der Waals surface area (Å²) < 4.78 is 0. The molecule has 3 heterocycles. The Morgan fingerprint density at radius 3 is 2.83 bits per heavy atom. The molecule has 0 radical (unpaired) electrons. The van der Waals surface area contributed by atoms with Crippen molar-refractivity contribution in [1.82, 2.24) is 20.1 Å². The van der Waals surface area contributed by atoms with Gasteiger partial charge in [0.1, 0.15) is 5.02 Å². The van der Waals surface area contributed by atoms with Crippen LogP contribution in [0.1, 0.15) is 24.6 Å². The third-order valence-electron chi connectivity index (χ3n) is 4.36. The lowest BCUT2D eigenvalue weighted by atomic mass is 10.1. The highest BCUT2D eigenvalue weighted by atomic mass is 35.5. The van der Waals surface area contributed by atoms with E-state index in [1.54, 1.807) is 6.20 Å². The van der Waals surface area contributed by atoms with E-state index in [-0.39, 0.29) is 10.6 Å². The average Bonchev–Trinajstić information content (AvgIpc) is 2.60. The molecule has 6 nitrogen and oxygen atoms in total. The van der Waals surface area contributed by atoms with E-state index >= 15 is 0 Å². The Labute approximate surface area is 146 Å². The van der Waals surface area contributed by atoms with Gasteiger partial charge in [0.15, 0.2) is 0 Å². The van der Waals surface area contributed by atoms with Crippen LogP contribution in [0, 0.1) is 0 Å². The van der Waals surface area contributed by atoms with Crippen LogP contribution >= 0.6 is 11.6 Å². The third kappa shape index (κ3) is 3.76. The SMILES string of the molecule is CCCc1ncccc1CN1CCN(c2cn[nH]c(=O)c2Cl)CC1. The van der Waals surface area contributed by atoms with Crippen molar-refractivity contribution in [2.75, 3.05) is 31.1 Å². The lowest BCUT2D eigenvalue weighted by molar-refractivity contribution is 0.248. The molecular weight excluding hydrogens is 326 g/mol. The molecule has 1 fully saturated rings. The van der Waals surface area contributed by atoms with E-state index in [2.05, 4.69) is 38.0 Å². The Balaban J connectivity index is 1.63. The fraction of sp³-hybridized carbons (Fsp3) is 0.471. The van der Waals surface area contributed by atoms with E-state index < -0.39 is 0 Å². The highest BCUT2D eigenvalue weighted by molar-refractivity contribution is 6.32. The molecule has 7 heteroatoms. The van der Waals surface area contributed by atoms with Crippen LogP contribution < -0.4 is 10.5 Å². The number of aromatic amines is 1. The van der Waals surface area contributed by atoms with Crippen LogP contribution in [0.2, 0.25) is 5.02 Å². The molecule has 1 aliphatic heterocycles. The maximum Gasteiger partial charge on any atom is 0.285 e. The molecule has 0 aromatic carbocycles. The van der Waals surface area contributed by atoms with Gasteiger partial charge >= 0.3 is 0 Å². The van der Waals surface area contributed by atoms with Gasteiger partial charge in [0.25, 0.3) is 5.56 Å². The molecule has 0 unspecified atom stereocenters. The fourth-order valence-electron chi connectivity index (χ4n) is 3.06. The summed E-state index contributed by atoms with van der Waals surface area (Å²) in [5.74, 6) is 0. The zero-order valence-electron chi connectivity index (χ0n) is 13.8. The Morgan fingerprint density at radius 2 is 2.08 bits per heavy atom. The Kier molecular flexibility index (Phi) is 5.48. The van der Waals surface area contributed by atoms with Crippen LogP contribution in [-0.2, 0) is 13.0 Å². The number of anilines is 1. The van der Waals surface area contributed by atoms with Gasteiger partial charge in [-0.05, 0) is 18.1 Å². The van der Waals surface area contributed by atoms with E-state index in [4.69, 9.17) is 11.6 Å². The summed E-state index contributed by atoms with van der Waals surface area (Å²) in [5, 5.41) is 6.43. The van der Waals surface area contributed by atoms with Gasteiger partial charge in [0.2, 0.25) is 0 Å². The second kappa shape index (κ2) is 7.77.